The van der Waals surface area contributed by atoms with Gasteiger partial charge in [-0.15, -0.1) is 0 Å². The van der Waals surface area contributed by atoms with E-state index in [1.807, 2.05) is 6.07 Å². The van der Waals surface area contributed by atoms with E-state index in [1.54, 1.807) is 37.3 Å². The van der Waals surface area contributed by atoms with Gasteiger partial charge in [-0.1, -0.05) is 18.2 Å². The summed E-state index contributed by atoms with van der Waals surface area (Å²) in [6, 6.07) is 9.89. The van der Waals surface area contributed by atoms with Crippen LogP contribution in [0.25, 0.3) is 0 Å². The topological polar surface area (TPSA) is 158 Å². The van der Waals surface area contributed by atoms with Crippen molar-refractivity contribution in [3.05, 3.63) is 65.4 Å². The number of carbonyl (C=O) groups excluding carboxylic acids is 3. The second kappa shape index (κ2) is 12.2. The highest BCUT2D eigenvalue weighted by atomic mass is 19.4. The molecule has 1 aromatic carbocycles. The molecular formula is C25H25F3N8O3. The van der Waals surface area contributed by atoms with Gasteiger partial charge in [-0.3, -0.25) is 19.3 Å². The number of carbonyl (C=O) groups is 3. The Morgan fingerprint density at radius 3 is 2.59 bits per heavy atom. The highest BCUT2D eigenvalue weighted by Crippen LogP contribution is 2.28. The molecule has 0 spiro atoms. The minimum absolute atomic E-state index is 0.0555. The first-order valence-electron chi connectivity index (χ1n) is 11.7. The van der Waals surface area contributed by atoms with Gasteiger partial charge >= 0.3 is 6.18 Å². The van der Waals surface area contributed by atoms with Crippen LogP contribution in [0.4, 0.5) is 18.9 Å². The molecule has 3 N–H and O–H groups in total. The van der Waals surface area contributed by atoms with Gasteiger partial charge in [0.1, 0.15) is 24.1 Å². The molecule has 204 valence electrons. The number of rotatable bonds is 7. The number of nitrogens with one attached hydrogen (secondary N) is 1. The maximum atomic E-state index is 13.4. The van der Waals surface area contributed by atoms with Gasteiger partial charge in [-0.05, 0) is 25.1 Å². The number of aliphatic imine (C=N–C) groups is 1. The molecule has 0 bridgehead atoms. The Bertz CT molecular complexity index is 1350. The molecule has 14 heteroatoms. The van der Waals surface area contributed by atoms with Crippen LogP contribution in [-0.4, -0.2) is 69.5 Å². The summed E-state index contributed by atoms with van der Waals surface area (Å²) in [6.45, 7) is 1.61. The summed E-state index contributed by atoms with van der Waals surface area (Å²) in [4.78, 5) is 52.6. The molecule has 39 heavy (non-hydrogen) atoms. The number of benzene rings is 1. The van der Waals surface area contributed by atoms with Gasteiger partial charge in [0.2, 0.25) is 11.7 Å². The Labute approximate surface area is 221 Å². The van der Waals surface area contributed by atoms with E-state index in [-0.39, 0.29) is 43.0 Å². The van der Waals surface area contributed by atoms with Gasteiger partial charge in [0.15, 0.2) is 0 Å². The number of hydrogen-bond donors (Lipinski definition) is 2. The number of likely N-dealkylation sites (tertiary alicyclic amines) is 1. The highest BCUT2D eigenvalue weighted by Gasteiger charge is 2.39. The van der Waals surface area contributed by atoms with E-state index in [0.717, 1.165) is 6.20 Å². The number of hydrogen-bond acceptors (Lipinski definition) is 8. The van der Waals surface area contributed by atoms with Gasteiger partial charge in [0.25, 0.3) is 11.8 Å². The number of alkyl halides is 3. The molecule has 0 radical (unpaired) electrons. The molecule has 3 amide bonds. The molecule has 2 heterocycles. The van der Waals surface area contributed by atoms with Crippen molar-refractivity contribution < 1.29 is 27.6 Å². The molecule has 0 aliphatic carbocycles. The zero-order valence-corrected chi connectivity index (χ0v) is 21.1. The summed E-state index contributed by atoms with van der Waals surface area (Å²) >= 11 is 0. The van der Waals surface area contributed by atoms with Crippen LogP contribution < -0.4 is 11.1 Å². The molecule has 11 nitrogen and oxygen atoms in total. The average molecular weight is 543 g/mol. The van der Waals surface area contributed by atoms with E-state index in [2.05, 4.69) is 20.3 Å². The lowest BCUT2D eigenvalue weighted by Crippen LogP contribution is -2.56. The van der Waals surface area contributed by atoms with Crippen LogP contribution in [0.5, 0.6) is 0 Å². The highest BCUT2D eigenvalue weighted by molar-refractivity contribution is 6.14. The lowest BCUT2D eigenvalue weighted by atomic mass is 9.94. The van der Waals surface area contributed by atoms with E-state index >= 15 is 0 Å². The molecule has 1 aromatic heterocycles. The van der Waals surface area contributed by atoms with Gasteiger partial charge in [0.05, 0.1) is 18.2 Å². The molecule has 1 aliphatic rings. The number of amidine groups is 1. The number of nitrogens with zero attached hydrogens (tertiary/aromatic N) is 6. The molecule has 3 rings (SSSR count). The van der Waals surface area contributed by atoms with Crippen LogP contribution in [0.3, 0.4) is 0 Å². The maximum Gasteiger partial charge on any atom is 0.433 e. The number of aromatic nitrogens is 2. The smallest absolute Gasteiger partial charge is 0.401 e. The molecule has 1 saturated heterocycles. The molecule has 0 saturated carbocycles. The third-order valence-corrected chi connectivity index (χ3v) is 5.72. The van der Waals surface area contributed by atoms with E-state index in [0.29, 0.717) is 11.8 Å². The Morgan fingerprint density at radius 1 is 1.28 bits per heavy atom. The van der Waals surface area contributed by atoms with Crippen molar-refractivity contribution in [2.75, 3.05) is 20.1 Å². The molecular weight excluding hydrogens is 517 g/mol. The van der Waals surface area contributed by atoms with Gasteiger partial charge < -0.3 is 16.0 Å². The lowest BCUT2D eigenvalue weighted by molar-refractivity contribution is -0.141. The minimum atomic E-state index is -4.80. The van der Waals surface area contributed by atoms with Crippen LogP contribution >= 0.6 is 0 Å². The summed E-state index contributed by atoms with van der Waals surface area (Å²) in [5.41, 5.74) is 5.86. The van der Waals surface area contributed by atoms with Gasteiger partial charge in [-0.2, -0.15) is 18.4 Å². The molecule has 1 fully saturated rings. The fraction of sp³-hybridized carbons (Fsp3) is 0.320. The van der Waals surface area contributed by atoms with Crippen molar-refractivity contribution in [2.45, 2.75) is 32.0 Å². The summed E-state index contributed by atoms with van der Waals surface area (Å²) in [5.74, 6) is -2.74. The van der Waals surface area contributed by atoms with Crippen LogP contribution in [0.15, 0.2) is 58.9 Å². The van der Waals surface area contributed by atoms with Crippen LogP contribution in [0, 0.1) is 11.3 Å². The number of halogens is 3. The average Bonchev–Trinajstić information content (AvgIpc) is 2.90. The lowest BCUT2D eigenvalue weighted by Gasteiger charge is -2.35. The fourth-order valence-electron chi connectivity index (χ4n) is 3.73. The minimum Gasteiger partial charge on any atom is -0.401 e. The zero-order chi connectivity index (χ0) is 28.7. The van der Waals surface area contributed by atoms with Gasteiger partial charge in [0, 0.05) is 37.5 Å². The number of likely N-dealkylation sites (N-methyl/N-ethyl adjacent to an activating group) is 1. The second-order valence-electron chi connectivity index (χ2n) is 8.44. The van der Waals surface area contributed by atoms with Crippen molar-refractivity contribution in [3.8, 4) is 6.07 Å². The number of nitriles is 1. The van der Waals surface area contributed by atoms with Crippen LogP contribution in [0.1, 0.15) is 36.1 Å². The molecule has 2 aromatic rings. The quantitative estimate of drug-likeness (QED) is 0.508. The second-order valence-corrected chi connectivity index (χ2v) is 8.44. The fourth-order valence-corrected chi connectivity index (χ4v) is 3.73. The number of nitrogens with two attached hydrogens (primary N) is 1. The Balaban J connectivity index is 2.00. The van der Waals surface area contributed by atoms with E-state index in [1.165, 1.54) is 16.8 Å². The van der Waals surface area contributed by atoms with E-state index in [9.17, 15) is 27.6 Å². The third kappa shape index (κ3) is 6.95. The number of piperidine rings is 1. The summed E-state index contributed by atoms with van der Waals surface area (Å²) < 4.78 is 39.2. The first-order chi connectivity index (χ1) is 18.5. The molecule has 1 unspecified atom stereocenters. The van der Waals surface area contributed by atoms with Crippen molar-refractivity contribution in [1.29, 1.82) is 5.26 Å². The zero-order valence-electron chi connectivity index (χ0n) is 21.1. The molecule has 1 atom stereocenters. The first-order valence-corrected chi connectivity index (χ1v) is 11.7. The number of para-hydroxylation sites is 1. The standard InChI is InChI=1S/C25H25F3N8O3/c1-3-36-22(32-15-7-5-4-6-8-15)16(17(30)14-20(37)35(2)12-10-29)13-18(24(36)39)33-23(38)21-31-11-9-19(34-21)25(26,27)28/h4-9,11,18H,3,12-14,30H2,1-2H3,(H,33,38)/b17-16-,32-22?. The third-order valence-electron chi connectivity index (χ3n) is 5.72. The van der Waals surface area contributed by atoms with Gasteiger partial charge in [-0.25, -0.2) is 15.0 Å². The monoisotopic (exact) mass is 542 g/mol. The Kier molecular flexibility index (Phi) is 8.97. The van der Waals surface area contributed by atoms with E-state index < -0.39 is 41.5 Å². The van der Waals surface area contributed by atoms with Crippen molar-refractivity contribution in [2.24, 2.45) is 10.7 Å². The summed E-state index contributed by atoms with van der Waals surface area (Å²) in [7, 11) is 1.43. The predicted molar refractivity (Wildman–Crippen MR) is 133 cm³/mol. The SMILES string of the molecule is CCN1C(=O)C(NC(=O)c2nccc(C(F)(F)F)n2)C/C(=C(/N)CC(=O)N(C)CC#N)C1=Nc1ccccc1. The summed E-state index contributed by atoms with van der Waals surface area (Å²) in [6.07, 6.45) is -4.50. The van der Waals surface area contributed by atoms with E-state index in [4.69, 9.17) is 11.0 Å². The van der Waals surface area contributed by atoms with Crippen molar-refractivity contribution in [3.63, 3.8) is 0 Å². The van der Waals surface area contributed by atoms with Crippen LogP contribution in [0.2, 0.25) is 0 Å². The first kappa shape index (κ1) is 28.8. The maximum absolute atomic E-state index is 13.4. The number of amides is 3. The largest absolute Gasteiger partial charge is 0.433 e. The molecule has 1 aliphatic heterocycles. The summed E-state index contributed by atoms with van der Waals surface area (Å²) in [5, 5.41) is 11.3. The van der Waals surface area contributed by atoms with Crippen LogP contribution in [-0.2, 0) is 15.8 Å². The Hall–Kier alpha value is -4.80. The van der Waals surface area contributed by atoms with Crippen molar-refractivity contribution >= 4 is 29.2 Å². The predicted octanol–water partition coefficient (Wildman–Crippen LogP) is 2.16. The Morgan fingerprint density at radius 2 is 1.97 bits per heavy atom. The normalized spacial score (nSPS) is 17.9. The van der Waals surface area contributed by atoms with Crippen molar-refractivity contribution in [1.82, 2.24) is 25.1 Å².